The van der Waals surface area contributed by atoms with Crippen LogP contribution in [0.25, 0.3) is 27.5 Å². The summed E-state index contributed by atoms with van der Waals surface area (Å²) in [5.41, 5.74) is 8.66. The summed E-state index contributed by atoms with van der Waals surface area (Å²) in [5, 5.41) is 2.52. The number of hydrogen-bond donors (Lipinski definition) is 0. The Bertz CT molecular complexity index is 2340. The van der Waals surface area contributed by atoms with Crippen LogP contribution in [-0.4, -0.2) is 16.5 Å². The van der Waals surface area contributed by atoms with Gasteiger partial charge >= 0.3 is 21.1 Å². The van der Waals surface area contributed by atoms with Crippen molar-refractivity contribution < 1.29 is 25.8 Å². The summed E-state index contributed by atoms with van der Waals surface area (Å²) in [7, 11) is 2.11. The van der Waals surface area contributed by atoms with E-state index in [4.69, 9.17) is 4.74 Å². The predicted octanol–water partition coefficient (Wildman–Crippen LogP) is 10.5. The van der Waals surface area contributed by atoms with Crippen molar-refractivity contribution in [1.29, 1.82) is 0 Å². The molecule has 0 saturated heterocycles. The number of fused-ring (bicyclic) bond motifs is 4. The van der Waals surface area contributed by atoms with Crippen molar-refractivity contribution in [3.63, 3.8) is 0 Å². The number of benzene rings is 6. The van der Waals surface area contributed by atoms with Crippen molar-refractivity contribution in [3.8, 4) is 17.2 Å². The van der Waals surface area contributed by atoms with Crippen LogP contribution in [0.4, 0.5) is 22.7 Å². The first-order valence-corrected chi connectivity index (χ1v) is 16.8. The predicted molar refractivity (Wildman–Crippen MR) is 203 cm³/mol. The van der Waals surface area contributed by atoms with Crippen LogP contribution in [0.2, 0.25) is 0 Å². The van der Waals surface area contributed by atoms with Crippen molar-refractivity contribution in [2.45, 2.75) is 19.4 Å². The third-order valence-corrected chi connectivity index (χ3v) is 9.88. The Kier molecular flexibility index (Phi) is 8.46. The standard InChI is InChI=1S/C44H35N5O.Pt/c1-44(2)40-18-6-9-21-43(40)48(30-45(44)3)35-13-11-15-37(29-35)50-36-14-10-12-34(28-36)47-27-26-46(31-47)32-22-24-33(25-23-32)49-41-19-7-4-16-38(41)39-17-5-8-20-42(39)49;/h4-27,30-31H,1-3H3;/q-4;+4. The van der Waals surface area contributed by atoms with E-state index in [1.807, 2.05) is 41.4 Å². The zero-order chi connectivity index (χ0) is 33.8. The van der Waals surface area contributed by atoms with Gasteiger partial charge in [-0.25, -0.2) is 0 Å². The Morgan fingerprint density at radius 3 is 1.84 bits per heavy atom. The van der Waals surface area contributed by atoms with Crippen LogP contribution in [0, 0.1) is 25.5 Å². The number of aromatic nitrogens is 1. The van der Waals surface area contributed by atoms with Gasteiger partial charge in [-0.1, -0.05) is 54.6 Å². The van der Waals surface area contributed by atoms with E-state index in [9.17, 15) is 0 Å². The summed E-state index contributed by atoms with van der Waals surface area (Å²) >= 11 is 0. The molecular formula is C44H35N5OPt. The molecule has 0 aliphatic carbocycles. The Morgan fingerprint density at radius 1 is 0.569 bits per heavy atom. The van der Waals surface area contributed by atoms with Crippen LogP contribution in [0.5, 0.6) is 11.5 Å². The molecule has 7 aromatic rings. The third-order valence-electron chi connectivity index (χ3n) is 9.88. The van der Waals surface area contributed by atoms with Gasteiger partial charge in [-0.3, -0.25) is 0 Å². The summed E-state index contributed by atoms with van der Waals surface area (Å²) in [5.74, 6) is 1.24. The van der Waals surface area contributed by atoms with Crippen LogP contribution < -0.4 is 19.4 Å². The molecular weight excluding hydrogens is 810 g/mol. The molecule has 0 saturated carbocycles. The Morgan fingerprint density at radius 2 is 1.14 bits per heavy atom. The molecule has 2 aliphatic rings. The van der Waals surface area contributed by atoms with Crippen LogP contribution in [0.1, 0.15) is 19.4 Å². The van der Waals surface area contributed by atoms with Gasteiger partial charge in [-0.2, -0.15) is 18.8 Å². The molecule has 0 spiro atoms. The molecule has 0 amide bonds. The van der Waals surface area contributed by atoms with Crippen LogP contribution in [-0.2, 0) is 26.6 Å². The summed E-state index contributed by atoms with van der Waals surface area (Å²) in [6.45, 7) is 8.66. The smallest absolute Gasteiger partial charge is 0.509 e. The fraction of sp³-hybridized carbons (Fsp3) is 0.0909. The summed E-state index contributed by atoms with van der Waals surface area (Å²) in [4.78, 5) is 8.56. The molecule has 3 heterocycles. The van der Waals surface area contributed by atoms with E-state index >= 15 is 0 Å². The molecule has 6 nitrogen and oxygen atoms in total. The summed E-state index contributed by atoms with van der Waals surface area (Å²) in [6, 6.07) is 53.2. The molecule has 252 valence electrons. The van der Waals surface area contributed by atoms with Crippen molar-refractivity contribution in [2.24, 2.45) is 0 Å². The maximum Gasteiger partial charge on any atom is 4.00 e. The van der Waals surface area contributed by atoms with Gasteiger partial charge in [-0.15, -0.1) is 54.4 Å². The Hall–Kier alpha value is -5.29. The number of rotatable bonds is 6. The van der Waals surface area contributed by atoms with Gasteiger partial charge < -0.3 is 28.9 Å². The fourth-order valence-corrected chi connectivity index (χ4v) is 6.99. The topological polar surface area (TPSA) is 27.1 Å². The van der Waals surface area contributed by atoms with Crippen molar-refractivity contribution in [3.05, 3.63) is 177 Å². The second-order valence-electron chi connectivity index (χ2n) is 13.2. The Labute approximate surface area is 313 Å². The van der Waals surface area contributed by atoms with E-state index in [0.29, 0.717) is 11.5 Å². The largest absolute Gasteiger partial charge is 4.00 e. The van der Waals surface area contributed by atoms with Gasteiger partial charge in [-0.05, 0) is 81.3 Å². The minimum absolute atomic E-state index is 0. The molecule has 0 atom stereocenters. The van der Waals surface area contributed by atoms with Gasteiger partial charge in [0.15, 0.2) is 0 Å². The van der Waals surface area contributed by atoms with Gasteiger partial charge in [0.05, 0.1) is 11.0 Å². The average Bonchev–Trinajstić information content (AvgIpc) is 3.78. The maximum absolute atomic E-state index is 6.34. The van der Waals surface area contributed by atoms with E-state index in [1.54, 1.807) is 0 Å². The zero-order valence-corrected chi connectivity index (χ0v) is 30.7. The minimum Gasteiger partial charge on any atom is -0.509 e. The second-order valence-corrected chi connectivity index (χ2v) is 13.2. The number of para-hydroxylation sites is 3. The molecule has 6 aromatic carbocycles. The second kappa shape index (κ2) is 13.1. The van der Waals surface area contributed by atoms with Gasteiger partial charge in [0, 0.05) is 44.9 Å². The SMILES string of the molecule is CN1[CH-]N(c2[c-]c(Oc3[c-]c(N4C=CN(c5ccc(-n6c7ccccc7c7ccccc76)cc5)[CH-]4)ccc3)ccc2)c2ccccc2C1(C)C.[Pt+4]. The number of ether oxygens (including phenoxy) is 1. The van der Waals surface area contributed by atoms with Crippen molar-refractivity contribution in [1.82, 2.24) is 9.47 Å². The Balaban J connectivity index is 0.00000374. The summed E-state index contributed by atoms with van der Waals surface area (Å²) < 4.78 is 8.68. The van der Waals surface area contributed by atoms with E-state index in [-0.39, 0.29) is 26.6 Å². The molecule has 7 heteroatoms. The maximum atomic E-state index is 6.34. The van der Waals surface area contributed by atoms with Gasteiger partial charge in [0.2, 0.25) is 0 Å². The molecule has 0 unspecified atom stereocenters. The molecule has 1 aromatic heterocycles. The number of nitrogens with zero attached hydrogens (tertiary/aromatic N) is 5. The summed E-state index contributed by atoms with van der Waals surface area (Å²) in [6.07, 6.45) is 4.09. The zero-order valence-electron chi connectivity index (χ0n) is 28.5. The molecule has 0 radical (unpaired) electrons. The molecule has 9 rings (SSSR count). The van der Waals surface area contributed by atoms with Crippen LogP contribution >= 0.6 is 0 Å². The monoisotopic (exact) mass is 844 g/mol. The van der Waals surface area contributed by atoms with E-state index in [1.165, 1.54) is 27.4 Å². The van der Waals surface area contributed by atoms with Crippen LogP contribution in [0.15, 0.2) is 146 Å². The first-order valence-electron chi connectivity index (χ1n) is 16.8. The molecule has 2 aliphatic heterocycles. The van der Waals surface area contributed by atoms with Gasteiger partial charge in [0.1, 0.15) is 0 Å². The molecule has 51 heavy (non-hydrogen) atoms. The van der Waals surface area contributed by atoms with E-state index < -0.39 is 0 Å². The van der Waals surface area contributed by atoms with Crippen molar-refractivity contribution in [2.75, 3.05) is 21.7 Å². The molecule has 0 N–H and O–H groups in total. The van der Waals surface area contributed by atoms with E-state index in [2.05, 4.69) is 175 Å². The fourth-order valence-electron chi connectivity index (χ4n) is 6.99. The number of anilines is 4. The quantitative estimate of drug-likeness (QED) is 0.156. The number of hydrogen-bond acceptors (Lipinski definition) is 5. The normalized spacial score (nSPS) is 15.3. The van der Waals surface area contributed by atoms with Crippen molar-refractivity contribution >= 4 is 44.6 Å². The van der Waals surface area contributed by atoms with Gasteiger partial charge in [0.25, 0.3) is 0 Å². The van der Waals surface area contributed by atoms with Crippen LogP contribution in [0.3, 0.4) is 0 Å². The molecule has 0 fully saturated rings. The average molecular weight is 845 g/mol. The van der Waals surface area contributed by atoms with E-state index in [0.717, 1.165) is 28.4 Å². The third kappa shape index (κ3) is 5.79. The first-order chi connectivity index (χ1) is 24.4. The minimum atomic E-state index is -0.121. The first kappa shape index (κ1) is 32.9. The molecule has 0 bridgehead atoms.